The first kappa shape index (κ1) is 17.8. The van der Waals surface area contributed by atoms with Gasteiger partial charge in [0, 0.05) is 13.1 Å². The topological polar surface area (TPSA) is 67.4 Å². The predicted molar refractivity (Wildman–Crippen MR) is 72.9 cm³/mol. The Morgan fingerprint density at radius 1 is 1.05 bits per heavy atom. The van der Waals surface area contributed by atoms with Gasteiger partial charge in [-0.3, -0.25) is 4.79 Å². The van der Waals surface area contributed by atoms with Crippen LogP contribution in [0.3, 0.4) is 0 Å². The third-order valence-electron chi connectivity index (χ3n) is 2.36. The fourth-order valence-corrected chi connectivity index (χ4v) is 1.45. The minimum atomic E-state index is -1.71. The van der Waals surface area contributed by atoms with Crippen LogP contribution in [0.5, 0.6) is 0 Å². The van der Waals surface area contributed by atoms with Gasteiger partial charge in [-0.2, -0.15) is 0 Å². The first-order chi connectivity index (χ1) is 10.1. The van der Waals surface area contributed by atoms with Crippen LogP contribution in [0.4, 0.5) is 18.0 Å². The van der Waals surface area contributed by atoms with Crippen molar-refractivity contribution >= 4 is 12.0 Å². The SMILES string of the molecule is CC(C)(C)OC(=O)NCCNC(=O)c1ccc(F)c(F)c1F. The monoisotopic (exact) mass is 318 g/mol. The van der Waals surface area contributed by atoms with Gasteiger partial charge in [-0.25, -0.2) is 18.0 Å². The molecule has 0 bridgehead atoms. The second-order valence-corrected chi connectivity index (χ2v) is 5.41. The Balaban J connectivity index is 2.45. The van der Waals surface area contributed by atoms with Gasteiger partial charge in [-0.15, -0.1) is 0 Å². The number of carbonyl (C=O) groups is 2. The number of hydrogen-bond donors (Lipinski definition) is 2. The van der Waals surface area contributed by atoms with E-state index in [9.17, 15) is 22.8 Å². The van der Waals surface area contributed by atoms with Crippen LogP contribution < -0.4 is 10.6 Å². The maximum absolute atomic E-state index is 13.4. The fourth-order valence-electron chi connectivity index (χ4n) is 1.45. The summed E-state index contributed by atoms with van der Waals surface area (Å²) < 4.78 is 44.1. The molecule has 0 unspecified atom stereocenters. The van der Waals surface area contributed by atoms with Gasteiger partial charge in [0.1, 0.15) is 5.60 Å². The first-order valence-electron chi connectivity index (χ1n) is 6.50. The average Bonchev–Trinajstić information content (AvgIpc) is 2.39. The summed E-state index contributed by atoms with van der Waals surface area (Å²) in [4.78, 5) is 22.9. The molecule has 0 aliphatic heterocycles. The molecule has 0 aliphatic carbocycles. The van der Waals surface area contributed by atoms with Crippen molar-refractivity contribution in [2.75, 3.05) is 13.1 Å². The van der Waals surface area contributed by atoms with Crippen molar-refractivity contribution in [1.82, 2.24) is 10.6 Å². The number of halogens is 3. The molecule has 0 fully saturated rings. The largest absolute Gasteiger partial charge is 0.444 e. The van der Waals surface area contributed by atoms with Gasteiger partial charge in [-0.05, 0) is 32.9 Å². The van der Waals surface area contributed by atoms with Crippen molar-refractivity contribution in [3.05, 3.63) is 35.1 Å². The van der Waals surface area contributed by atoms with E-state index < -0.39 is 40.6 Å². The molecule has 5 nitrogen and oxygen atoms in total. The Bertz CT molecular complexity index is 571. The van der Waals surface area contributed by atoms with Crippen molar-refractivity contribution in [3.63, 3.8) is 0 Å². The molecule has 1 aromatic rings. The molecule has 0 radical (unpaired) electrons. The standard InChI is InChI=1S/C14H17F3N2O3/c1-14(2,3)22-13(21)19-7-6-18-12(20)8-4-5-9(15)11(17)10(8)16/h4-5H,6-7H2,1-3H3,(H,18,20)(H,19,21). The summed E-state index contributed by atoms with van der Waals surface area (Å²) in [6, 6.07) is 1.50. The average molecular weight is 318 g/mol. The molecule has 1 rings (SSSR count). The van der Waals surface area contributed by atoms with Gasteiger partial charge in [0.25, 0.3) is 5.91 Å². The Morgan fingerprint density at radius 3 is 2.23 bits per heavy atom. The third-order valence-corrected chi connectivity index (χ3v) is 2.36. The first-order valence-corrected chi connectivity index (χ1v) is 6.50. The smallest absolute Gasteiger partial charge is 0.407 e. The summed E-state index contributed by atoms with van der Waals surface area (Å²) in [5.41, 5.74) is -1.27. The van der Waals surface area contributed by atoms with Gasteiger partial charge in [0.05, 0.1) is 5.56 Å². The van der Waals surface area contributed by atoms with Crippen LogP contribution in [-0.2, 0) is 4.74 Å². The predicted octanol–water partition coefficient (Wildman–Crippen LogP) is 2.36. The van der Waals surface area contributed by atoms with E-state index in [0.717, 1.165) is 6.07 Å². The molecule has 22 heavy (non-hydrogen) atoms. The molecule has 0 atom stereocenters. The van der Waals surface area contributed by atoms with Gasteiger partial charge in [0.15, 0.2) is 17.5 Å². The normalized spacial score (nSPS) is 11.0. The summed E-state index contributed by atoms with van der Waals surface area (Å²) in [6.07, 6.45) is -0.666. The highest BCUT2D eigenvalue weighted by Crippen LogP contribution is 2.14. The lowest BCUT2D eigenvalue weighted by molar-refractivity contribution is 0.0526. The lowest BCUT2D eigenvalue weighted by Gasteiger charge is -2.19. The highest BCUT2D eigenvalue weighted by Gasteiger charge is 2.19. The van der Waals surface area contributed by atoms with Gasteiger partial charge >= 0.3 is 6.09 Å². The maximum Gasteiger partial charge on any atom is 0.407 e. The van der Waals surface area contributed by atoms with Gasteiger partial charge < -0.3 is 15.4 Å². The molecule has 0 saturated carbocycles. The number of benzene rings is 1. The van der Waals surface area contributed by atoms with Gasteiger partial charge in [0.2, 0.25) is 0 Å². The van der Waals surface area contributed by atoms with E-state index in [1.54, 1.807) is 20.8 Å². The molecule has 8 heteroatoms. The number of carbonyl (C=O) groups excluding carboxylic acids is 2. The zero-order valence-electron chi connectivity index (χ0n) is 12.4. The van der Waals surface area contributed by atoms with Gasteiger partial charge in [-0.1, -0.05) is 0 Å². The highest BCUT2D eigenvalue weighted by molar-refractivity contribution is 5.94. The van der Waals surface area contributed by atoms with E-state index >= 15 is 0 Å². The van der Waals surface area contributed by atoms with Crippen LogP contribution in [0.2, 0.25) is 0 Å². The molecule has 0 aromatic heterocycles. The summed E-state index contributed by atoms with van der Waals surface area (Å²) >= 11 is 0. The van der Waals surface area contributed by atoms with Crippen LogP contribution in [0.15, 0.2) is 12.1 Å². The van der Waals surface area contributed by atoms with E-state index in [-0.39, 0.29) is 13.1 Å². The molecule has 0 heterocycles. The van der Waals surface area contributed by atoms with Crippen LogP contribution in [-0.4, -0.2) is 30.7 Å². The van der Waals surface area contributed by atoms with Crippen molar-refractivity contribution in [1.29, 1.82) is 0 Å². The lowest BCUT2D eigenvalue weighted by atomic mass is 10.2. The summed E-state index contributed by atoms with van der Waals surface area (Å²) in [6.45, 7) is 5.09. The maximum atomic E-state index is 13.4. The molecule has 2 N–H and O–H groups in total. The lowest BCUT2D eigenvalue weighted by Crippen LogP contribution is -2.38. The molecule has 0 spiro atoms. The summed E-state index contributed by atoms with van der Waals surface area (Å²) in [5.74, 6) is -5.56. The zero-order valence-corrected chi connectivity index (χ0v) is 12.4. The summed E-state index contributed by atoms with van der Waals surface area (Å²) in [5, 5.41) is 4.64. The number of hydrogen-bond acceptors (Lipinski definition) is 3. The number of ether oxygens (including phenoxy) is 1. The molecule has 1 aromatic carbocycles. The third kappa shape index (κ3) is 5.27. The van der Waals surface area contributed by atoms with E-state index in [1.807, 2.05) is 0 Å². The minimum absolute atomic E-state index is 0.0312. The number of alkyl carbamates (subject to hydrolysis) is 1. The molecular formula is C14H17F3N2O3. The fraction of sp³-hybridized carbons (Fsp3) is 0.429. The Hall–Kier alpha value is -2.25. The van der Waals surface area contributed by atoms with Crippen LogP contribution in [0.25, 0.3) is 0 Å². The van der Waals surface area contributed by atoms with Crippen LogP contribution in [0, 0.1) is 17.5 Å². The Kier molecular flexibility index (Phi) is 5.78. The van der Waals surface area contributed by atoms with E-state index in [0.29, 0.717) is 6.07 Å². The molecule has 2 amide bonds. The van der Waals surface area contributed by atoms with E-state index in [4.69, 9.17) is 4.74 Å². The number of amides is 2. The molecule has 122 valence electrons. The quantitative estimate of drug-likeness (QED) is 0.661. The van der Waals surface area contributed by atoms with Crippen molar-refractivity contribution in [2.45, 2.75) is 26.4 Å². The molecule has 0 aliphatic rings. The zero-order chi connectivity index (χ0) is 16.9. The summed E-state index contributed by atoms with van der Waals surface area (Å²) in [7, 11) is 0. The molecule has 0 saturated heterocycles. The van der Waals surface area contributed by atoms with Crippen LogP contribution in [0.1, 0.15) is 31.1 Å². The van der Waals surface area contributed by atoms with Crippen molar-refractivity contribution in [2.24, 2.45) is 0 Å². The van der Waals surface area contributed by atoms with E-state index in [1.165, 1.54) is 0 Å². The van der Waals surface area contributed by atoms with Crippen molar-refractivity contribution in [3.8, 4) is 0 Å². The second-order valence-electron chi connectivity index (χ2n) is 5.41. The number of rotatable bonds is 4. The van der Waals surface area contributed by atoms with Crippen molar-refractivity contribution < 1.29 is 27.5 Å². The van der Waals surface area contributed by atoms with E-state index in [2.05, 4.69) is 10.6 Å². The second kappa shape index (κ2) is 7.15. The molecular weight excluding hydrogens is 301 g/mol. The minimum Gasteiger partial charge on any atom is -0.444 e. The number of nitrogens with one attached hydrogen (secondary N) is 2. The highest BCUT2D eigenvalue weighted by atomic mass is 19.2. The Morgan fingerprint density at radius 2 is 1.64 bits per heavy atom. The Labute approximate surface area is 125 Å². The van der Waals surface area contributed by atoms with Crippen LogP contribution >= 0.6 is 0 Å².